The Bertz CT molecular complexity index is 1310. The zero-order chi connectivity index (χ0) is 26.1. The maximum Gasteiger partial charge on any atom is 0.410 e. The van der Waals surface area contributed by atoms with E-state index in [4.69, 9.17) is 10.5 Å². The van der Waals surface area contributed by atoms with Gasteiger partial charge in [0.05, 0.1) is 6.54 Å². The molecule has 3 aromatic rings. The number of nitrogens with zero attached hydrogens (tertiary/aromatic N) is 4. The van der Waals surface area contributed by atoms with E-state index in [1.54, 1.807) is 32.5 Å². The Hall–Kier alpha value is -4.21. The number of halogens is 1. The lowest BCUT2D eigenvalue weighted by atomic mass is 9.99. The highest BCUT2D eigenvalue weighted by atomic mass is 19.1. The molecule has 0 saturated carbocycles. The standard InChI is InChI=1S/C27H29FN6O3/c1-32(2)24-16-33(27(36)37-21-13-17-5-3-4-6-18(17)14-21)12-11-23(24)34-15-22(25(29)35)26(31-34)30-20-9-7-19(28)8-10-20/h3-10,15,21,23-24H,1,11-14,16H2,2H3,(H2-,29,30,31,35)/p+1. The van der Waals surface area contributed by atoms with E-state index in [1.807, 2.05) is 19.2 Å². The first-order chi connectivity index (χ1) is 17.8. The maximum atomic E-state index is 13.3. The van der Waals surface area contributed by atoms with E-state index < -0.39 is 5.91 Å². The van der Waals surface area contributed by atoms with Crippen LogP contribution < -0.4 is 11.1 Å². The Morgan fingerprint density at radius 2 is 1.84 bits per heavy atom. The van der Waals surface area contributed by atoms with Gasteiger partial charge in [0, 0.05) is 31.3 Å². The minimum atomic E-state index is -0.631. The number of anilines is 2. The molecule has 1 fully saturated rings. The zero-order valence-electron chi connectivity index (χ0n) is 20.6. The van der Waals surface area contributed by atoms with E-state index in [1.165, 1.54) is 23.3 Å². The second-order valence-corrected chi connectivity index (χ2v) is 9.68. The molecule has 2 amide bonds. The molecule has 10 heteroatoms. The van der Waals surface area contributed by atoms with Crippen LogP contribution in [0, 0.1) is 5.82 Å². The van der Waals surface area contributed by atoms with Gasteiger partial charge in [-0.2, -0.15) is 5.10 Å². The molecule has 2 aromatic carbocycles. The van der Waals surface area contributed by atoms with Gasteiger partial charge in [0.1, 0.15) is 37.3 Å². The van der Waals surface area contributed by atoms with E-state index in [0.29, 0.717) is 25.2 Å². The number of ether oxygens (including phenoxy) is 1. The van der Waals surface area contributed by atoms with Crippen molar-refractivity contribution in [1.82, 2.24) is 14.7 Å². The number of hydrogen-bond donors (Lipinski definition) is 2. The van der Waals surface area contributed by atoms with Crippen molar-refractivity contribution in [2.24, 2.45) is 5.73 Å². The Morgan fingerprint density at radius 3 is 2.46 bits per heavy atom. The molecule has 192 valence electrons. The largest absolute Gasteiger partial charge is 0.445 e. The number of likely N-dealkylation sites (tertiary alicyclic amines) is 1. The predicted octanol–water partition coefficient (Wildman–Crippen LogP) is 3.13. The molecule has 2 heterocycles. The third-order valence-electron chi connectivity index (χ3n) is 7.10. The Morgan fingerprint density at radius 1 is 1.16 bits per heavy atom. The van der Waals surface area contributed by atoms with Crippen LogP contribution >= 0.6 is 0 Å². The monoisotopic (exact) mass is 505 g/mol. The highest BCUT2D eigenvalue weighted by Crippen LogP contribution is 2.29. The summed E-state index contributed by atoms with van der Waals surface area (Å²) in [6.45, 7) is 4.94. The van der Waals surface area contributed by atoms with E-state index >= 15 is 0 Å². The second kappa shape index (κ2) is 10.0. The quantitative estimate of drug-likeness (QED) is 0.396. The van der Waals surface area contributed by atoms with Crippen LogP contribution in [0.3, 0.4) is 0 Å². The van der Waals surface area contributed by atoms with Crippen molar-refractivity contribution in [2.45, 2.75) is 37.5 Å². The average Bonchev–Trinajstić information content (AvgIpc) is 3.48. The number of benzene rings is 2. The number of carbonyl (C=O) groups is 2. The van der Waals surface area contributed by atoms with Crippen molar-refractivity contribution in [3.63, 3.8) is 0 Å². The first-order valence-electron chi connectivity index (χ1n) is 12.3. The number of aromatic nitrogens is 2. The Balaban J connectivity index is 1.29. The Kier molecular flexibility index (Phi) is 6.64. The lowest BCUT2D eigenvalue weighted by molar-refractivity contribution is -0.540. The van der Waals surface area contributed by atoms with Crippen LogP contribution in [0.4, 0.5) is 20.7 Å². The van der Waals surface area contributed by atoms with Gasteiger partial charge in [-0.25, -0.2) is 13.8 Å². The molecular formula is C27H30FN6O3+. The van der Waals surface area contributed by atoms with Gasteiger partial charge in [0.15, 0.2) is 11.9 Å². The van der Waals surface area contributed by atoms with Crippen LogP contribution in [0.15, 0.2) is 54.7 Å². The molecule has 0 radical (unpaired) electrons. The van der Waals surface area contributed by atoms with Crippen LogP contribution in [0.2, 0.25) is 0 Å². The number of fused-ring (bicyclic) bond motifs is 1. The number of likely N-dealkylation sites (N-methyl/N-ethyl adjacent to an activating group) is 1. The SMILES string of the molecule is C=[N+](C)C1CN(C(=O)OC2Cc3ccccc3C2)CCC1n1cc(C(N)=O)c(Nc2ccc(F)cc2)n1. The first kappa shape index (κ1) is 24.5. The summed E-state index contributed by atoms with van der Waals surface area (Å²) in [5.74, 6) is -0.712. The average molecular weight is 506 g/mol. The minimum Gasteiger partial charge on any atom is -0.445 e. The summed E-state index contributed by atoms with van der Waals surface area (Å²) in [5, 5.41) is 7.65. The van der Waals surface area contributed by atoms with E-state index in [9.17, 15) is 14.0 Å². The van der Waals surface area contributed by atoms with Crippen molar-refractivity contribution < 1.29 is 23.3 Å². The molecule has 5 rings (SSSR count). The molecule has 1 aromatic heterocycles. The summed E-state index contributed by atoms with van der Waals surface area (Å²) >= 11 is 0. The van der Waals surface area contributed by atoms with Gasteiger partial charge < -0.3 is 20.7 Å². The van der Waals surface area contributed by atoms with Crippen molar-refractivity contribution in [2.75, 3.05) is 25.5 Å². The fourth-order valence-corrected chi connectivity index (χ4v) is 5.15. The van der Waals surface area contributed by atoms with Gasteiger partial charge in [-0.05, 0) is 41.8 Å². The molecule has 0 spiro atoms. The minimum absolute atomic E-state index is 0.163. The normalized spacial score (nSPS) is 19.4. The molecule has 3 N–H and O–H groups in total. The topological polar surface area (TPSA) is 105 Å². The highest BCUT2D eigenvalue weighted by Gasteiger charge is 2.40. The number of rotatable bonds is 6. The van der Waals surface area contributed by atoms with Crippen molar-refractivity contribution >= 4 is 30.2 Å². The molecule has 9 nitrogen and oxygen atoms in total. The molecule has 2 unspecified atom stereocenters. The third kappa shape index (κ3) is 5.18. The van der Waals surface area contributed by atoms with Gasteiger partial charge in [-0.1, -0.05) is 24.3 Å². The number of amides is 2. The zero-order valence-corrected chi connectivity index (χ0v) is 20.6. The number of hydrogen-bond acceptors (Lipinski definition) is 5. The Labute approximate surface area is 214 Å². The van der Waals surface area contributed by atoms with Crippen molar-refractivity contribution in [1.29, 1.82) is 0 Å². The van der Waals surface area contributed by atoms with E-state index in [0.717, 1.165) is 12.8 Å². The fraction of sp³-hybridized carbons (Fsp3) is 0.333. The van der Waals surface area contributed by atoms with Crippen LogP contribution in [0.5, 0.6) is 0 Å². The van der Waals surface area contributed by atoms with Crippen LogP contribution in [-0.4, -0.2) is 70.3 Å². The number of nitrogens with two attached hydrogens (primary N) is 1. The molecule has 2 atom stereocenters. The summed E-state index contributed by atoms with van der Waals surface area (Å²) in [7, 11) is 1.84. The molecule has 0 bridgehead atoms. The second-order valence-electron chi connectivity index (χ2n) is 9.68. The molecule has 2 aliphatic rings. The molecule has 1 aliphatic carbocycles. The highest BCUT2D eigenvalue weighted by molar-refractivity contribution is 5.98. The van der Waals surface area contributed by atoms with Gasteiger partial charge >= 0.3 is 6.09 Å². The summed E-state index contributed by atoms with van der Waals surface area (Å²) in [5.41, 5.74) is 8.86. The van der Waals surface area contributed by atoms with Gasteiger partial charge in [-0.15, -0.1) is 0 Å². The predicted molar refractivity (Wildman–Crippen MR) is 137 cm³/mol. The lowest BCUT2D eigenvalue weighted by Gasteiger charge is -2.35. The van der Waals surface area contributed by atoms with E-state index in [-0.39, 0.29) is 41.5 Å². The van der Waals surface area contributed by atoms with E-state index in [2.05, 4.69) is 29.3 Å². The summed E-state index contributed by atoms with van der Waals surface area (Å²) in [4.78, 5) is 26.9. The molecule has 1 aliphatic heterocycles. The van der Waals surface area contributed by atoms with Crippen molar-refractivity contribution in [3.8, 4) is 0 Å². The first-order valence-corrected chi connectivity index (χ1v) is 12.3. The van der Waals surface area contributed by atoms with Crippen LogP contribution in [0.1, 0.15) is 33.9 Å². The van der Waals surface area contributed by atoms with Crippen LogP contribution in [-0.2, 0) is 17.6 Å². The summed E-state index contributed by atoms with van der Waals surface area (Å²) in [6, 6.07) is 13.6. The number of nitrogens with one attached hydrogen (secondary N) is 1. The summed E-state index contributed by atoms with van der Waals surface area (Å²) in [6.07, 6.45) is 3.15. The summed E-state index contributed by atoms with van der Waals surface area (Å²) < 4.78 is 22.7. The number of primary amides is 1. The fourth-order valence-electron chi connectivity index (χ4n) is 5.15. The molecule has 1 saturated heterocycles. The van der Waals surface area contributed by atoms with Gasteiger partial charge in [0.25, 0.3) is 5.91 Å². The third-order valence-corrected chi connectivity index (χ3v) is 7.10. The van der Waals surface area contributed by atoms with Crippen LogP contribution in [0.25, 0.3) is 0 Å². The number of carbonyl (C=O) groups excluding carboxylic acids is 2. The smallest absolute Gasteiger partial charge is 0.410 e. The number of piperidine rings is 1. The van der Waals surface area contributed by atoms with Gasteiger partial charge in [0.2, 0.25) is 0 Å². The lowest BCUT2D eigenvalue weighted by Crippen LogP contribution is -2.51. The van der Waals surface area contributed by atoms with Gasteiger partial charge in [-0.3, -0.25) is 9.48 Å². The molecule has 37 heavy (non-hydrogen) atoms. The van der Waals surface area contributed by atoms with Crippen molar-refractivity contribution in [3.05, 3.63) is 77.2 Å². The molecular weight excluding hydrogens is 475 g/mol. The maximum absolute atomic E-state index is 13.3.